The predicted molar refractivity (Wildman–Crippen MR) is 71.2 cm³/mol. The average molecular weight is 269 g/mol. The first kappa shape index (κ1) is 13.3. The van der Waals surface area contributed by atoms with E-state index in [4.69, 9.17) is 5.73 Å². The van der Waals surface area contributed by atoms with Crippen LogP contribution in [0.15, 0.2) is 5.38 Å². The van der Waals surface area contributed by atoms with Gasteiger partial charge in [-0.3, -0.25) is 4.79 Å². The third kappa shape index (κ3) is 3.68. The van der Waals surface area contributed by atoms with Gasteiger partial charge in [-0.25, -0.2) is 4.98 Å². The number of aliphatic hydroxyl groups is 1. The van der Waals surface area contributed by atoms with Gasteiger partial charge in [0.15, 0.2) is 5.13 Å². The molecule has 1 amide bonds. The van der Waals surface area contributed by atoms with Crippen molar-refractivity contribution in [2.45, 2.75) is 38.2 Å². The second kappa shape index (κ2) is 6.15. The van der Waals surface area contributed by atoms with Crippen molar-refractivity contribution in [2.24, 2.45) is 5.92 Å². The van der Waals surface area contributed by atoms with Crippen LogP contribution in [0.25, 0.3) is 0 Å². The molecule has 1 aliphatic rings. The fourth-order valence-electron chi connectivity index (χ4n) is 2.30. The van der Waals surface area contributed by atoms with E-state index in [-0.39, 0.29) is 24.3 Å². The van der Waals surface area contributed by atoms with Crippen LogP contribution in [0.3, 0.4) is 0 Å². The molecule has 5 nitrogen and oxygen atoms in total. The van der Waals surface area contributed by atoms with Crippen molar-refractivity contribution < 1.29 is 9.90 Å². The number of nitrogen functional groups attached to an aromatic ring is 1. The van der Waals surface area contributed by atoms with E-state index in [1.807, 2.05) is 0 Å². The summed E-state index contributed by atoms with van der Waals surface area (Å²) in [5.74, 6) is 0.140. The third-order valence-corrected chi connectivity index (χ3v) is 4.06. The molecule has 1 aromatic rings. The summed E-state index contributed by atoms with van der Waals surface area (Å²) in [4.78, 5) is 15.7. The van der Waals surface area contributed by atoms with Crippen LogP contribution in [0.1, 0.15) is 31.4 Å². The number of amides is 1. The highest BCUT2D eigenvalue weighted by Crippen LogP contribution is 2.23. The van der Waals surface area contributed by atoms with E-state index in [2.05, 4.69) is 10.3 Å². The summed E-state index contributed by atoms with van der Waals surface area (Å²) in [5, 5.41) is 14.9. The van der Waals surface area contributed by atoms with Gasteiger partial charge in [-0.15, -0.1) is 11.3 Å². The topological polar surface area (TPSA) is 88.2 Å². The summed E-state index contributed by atoms with van der Waals surface area (Å²) < 4.78 is 0. The first-order valence-electron chi connectivity index (χ1n) is 6.30. The van der Waals surface area contributed by atoms with Gasteiger partial charge in [-0.2, -0.15) is 0 Å². The number of hydrogen-bond donors (Lipinski definition) is 3. The minimum absolute atomic E-state index is 0.0573. The summed E-state index contributed by atoms with van der Waals surface area (Å²) in [7, 11) is 0. The molecule has 6 heteroatoms. The van der Waals surface area contributed by atoms with Gasteiger partial charge >= 0.3 is 0 Å². The van der Waals surface area contributed by atoms with Crippen molar-refractivity contribution in [3.63, 3.8) is 0 Å². The van der Waals surface area contributed by atoms with E-state index in [0.29, 0.717) is 17.4 Å². The molecule has 0 saturated heterocycles. The van der Waals surface area contributed by atoms with Crippen LogP contribution >= 0.6 is 11.3 Å². The molecule has 2 atom stereocenters. The van der Waals surface area contributed by atoms with Crippen molar-refractivity contribution in [3.8, 4) is 0 Å². The van der Waals surface area contributed by atoms with Crippen LogP contribution in [0, 0.1) is 5.92 Å². The van der Waals surface area contributed by atoms with Crippen LogP contribution in [0.4, 0.5) is 5.13 Å². The summed E-state index contributed by atoms with van der Waals surface area (Å²) in [6.45, 7) is 0.555. The van der Waals surface area contributed by atoms with Gasteiger partial charge in [0.2, 0.25) is 5.91 Å². The van der Waals surface area contributed by atoms with Crippen molar-refractivity contribution in [2.75, 3.05) is 12.3 Å². The van der Waals surface area contributed by atoms with Gasteiger partial charge in [-0.1, -0.05) is 12.8 Å². The lowest BCUT2D eigenvalue weighted by atomic mass is 9.86. The Bertz CT molecular complexity index is 408. The van der Waals surface area contributed by atoms with Gasteiger partial charge in [0, 0.05) is 17.8 Å². The van der Waals surface area contributed by atoms with E-state index in [9.17, 15) is 9.90 Å². The number of anilines is 1. The standard InChI is InChI=1S/C12H19N3O2S/c13-12-15-9(7-18-12)5-11(17)14-6-8-3-1-2-4-10(8)16/h7-8,10,16H,1-6H2,(H2,13,15)(H,14,17). The molecule has 100 valence electrons. The predicted octanol–water partition coefficient (Wildman–Crippen LogP) is 0.935. The van der Waals surface area contributed by atoms with Gasteiger partial charge in [-0.05, 0) is 12.8 Å². The normalized spacial score (nSPS) is 23.8. The van der Waals surface area contributed by atoms with Crippen molar-refractivity contribution in [3.05, 3.63) is 11.1 Å². The van der Waals surface area contributed by atoms with E-state index in [1.165, 1.54) is 11.3 Å². The molecule has 0 aliphatic heterocycles. The molecule has 4 N–H and O–H groups in total. The second-order valence-electron chi connectivity index (χ2n) is 4.77. The lowest BCUT2D eigenvalue weighted by molar-refractivity contribution is -0.120. The van der Waals surface area contributed by atoms with Crippen LogP contribution in [-0.2, 0) is 11.2 Å². The molecule has 0 aromatic carbocycles. The fraction of sp³-hybridized carbons (Fsp3) is 0.667. The first-order chi connectivity index (χ1) is 8.65. The number of carbonyl (C=O) groups is 1. The van der Waals surface area contributed by atoms with Gasteiger partial charge in [0.1, 0.15) is 0 Å². The summed E-state index contributed by atoms with van der Waals surface area (Å²) in [6.07, 6.45) is 4.06. The number of nitrogens with two attached hydrogens (primary N) is 1. The Morgan fingerprint density at radius 1 is 1.56 bits per heavy atom. The minimum atomic E-state index is -0.269. The molecule has 1 fully saturated rings. The van der Waals surface area contributed by atoms with Crippen molar-refractivity contribution >= 4 is 22.4 Å². The molecule has 1 saturated carbocycles. The number of nitrogens with zero attached hydrogens (tertiary/aromatic N) is 1. The molecule has 0 bridgehead atoms. The Balaban J connectivity index is 1.74. The zero-order valence-corrected chi connectivity index (χ0v) is 11.1. The van der Waals surface area contributed by atoms with E-state index >= 15 is 0 Å². The quantitative estimate of drug-likeness (QED) is 0.759. The van der Waals surface area contributed by atoms with Gasteiger partial charge in [0.05, 0.1) is 18.2 Å². The highest BCUT2D eigenvalue weighted by Gasteiger charge is 2.23. The van der Waals surface area contributed by atoms with Crippen molar-refractivity contribution in [1.29, 1.82) is 0 Å². The minimum Gasteiger partial charge on any atom is -0.393 e. The summed E-state index contributed by atoms with van der Waals surface area (Å²) >= 11 is 1.34. The largest absolute Gasteiger partial charge is 0.393 e. The Kier molecular flexibility index (Phi) is 4.54. The Morgan fingerprint density at radius 3 is 3.00 bits per heavy atom. The monoisotopic (exact) mass is 269 g/mol. The zero-order chi connectivity index (χ0) is 13.0. The summed E-state index contributed by atoms with van der Waals surface area (Å²) in [5.41, 5.74) is 6.21. The Hall–Kier alpha value is -1.14. The van der Waals surface area contributed by atoms with E-state index < -0.39 is 0 Å². The molecular weight excluding hydrogens is 250 g/mol. The number of rotatable bonds is 4. The third-order valence-electron chi connectivity index (χ3n) is 3.34. The lowest BCUT2D eigenvalue weighted by Crippen LogP contribution is -2.37. The number of nitrogens with one attached hydrogen (secondary N) is 1. The maximum atomic E-state index is 11.7. The Morgan fingerprint density at radius 2 is 2.33 bits per heavy atom. The van der Waals surface area contributed by atoms with Crippen LogP contribution in [-0.4, -0.2) is 28.6 Å². The van der Waals surface area contributed by atoms with Crippen LogP contribution in [0.5, 0.6) is 0 Å². The lowest BCUT2D eigenvalue weighted by Gasteiger charge is -2.27. The zero-order valence-electron chi connectivity index (χ0n) is 10.3. The summed E-state index contributed by atoms with van der Waals surface area (Å²) in [6, 6.07) is 0. The molecule has 2 unspecified atom stereocenters. The average Bonchev–Trinajstić information content (AvgIpc) is 2.74. The molecule has 2 rings (SSSR count). The molecule has 0 spiro atoms. The number of thiazole rings is 1. The van der Waals surface area contributed by atoms with Crippen LogP contribution in [0.2, 0.25) is 0 Å². The molecule has 1 aromatic heterocycles. The smallest absolute Gasteiger partial charge is 0.226 e. The Labute approximate surface area is 110 Å². The molecule has 0 radical (unpaired) electrons. The second-order valence-corrected chi connectivity index (χ2v) is 5.66. The molecular formula is C12H19N3O2S. The fourth-order valence-corrected chi connectivity index (χ4v) is 2.86. The SMILES string of the molecule is Nc1nc(CC(=O)NCC2CCCCC2O)cs1. The number of hydrogen-bond acceptors (Lipinski definition) is 5. The van der Waals surface area contributed by atoms with Gasteiger partial charge in [0.25, 0.3) is 0 Å². The highest BCUT2D eigenvalue weighted by atomic mass is 32.1. The number of carbonyl (C=O) groups excluding carboxylic acids is 1. The maximum Gasteiger partial charge on any atom is 0.226 e. The van der Waals surface area contributed by atoms with Crippen molar-refractivity contribution in [1.82, 2.24) is 10.3 Å². The van der Waals surface area contributed by atoms with Gasteiger partial charge < -0.3 is 16.2 Å². The number of aliphatic hydroxyl groups excluding tert-OH is 1. The number of aromatic nitrogens is 1. The molecule has 18 heavy (non-hydrogen) atoms. The maximum absolute atomic E-state index is 11.7. The van der Waals surface area contributed by atoms with E-state index in [0.717, 1.165) is 25.7 Å². The molecule has 1 aliphatic carbocycles. The highest BCUT2D eigenvalue weighted by molar-refractivity contribution is 7.13. The molecule has 1 heterocycles. The van der Waals surface area contributed by atoms with Crippen LogP contribution < -0.4 is 11.1 Å². The van der Waals surface area contributed by atoms with E-state index in [1.54, 1.807) is 5.38 Å². The first-order valence-corrected chi connectivity index (χ1v) is 7.18.